The van der Waals surface area contributed by atoms with Crippen molar-refractivity contribution in [2.45, 2.75) is 59.0 Å². The van der Waals surface area contributed by atoms with Crippen molar-refractivity contribution in [3.63, 3.8) is 0 Å². The van der Waals surface area contributed by atoms with Crippen LogP contribution in [0.15, 0.2) is 24.3 Å². The second kappa shape index (κ2) is 5.80. The molecule has 3 rings (SSSR count). The summed E-state index contributed by atoms with van der Waals surface area (Å²) >= 11 is 0. The maximum absolute atomic E-state index is 4.90. The van der Waals surface area contributed by atoms with E-state index in [0.717, 1.165) is 25.0 Å². The van der Waals surface area contributed by atoms with Crippen LogP contribution in [0.25, 0.3) is 11.0 Å². The summed E-state index contributed by atoms with van der Waals surface area (Å²) in [4.78, 5) is 4.90. The molecule has 0 bridgehead atoms. The van der Waals surface area contributed by atoms with Crippen LogP contribution in [-0.2, 0) is 13.0 Å². The van der Waals surface area contributed by atoms with E-state index >= 15 is 0 Å². The van der Waals surface area contributed by atoms with Crippen LogP contribution in [0, 0.1) is 5.41 Å². The lowest BCUT2D eigenvalue weighted by Crippen LogP contribution is -2.39. The third-order valence-electron chi connectivity index (χ3n) is 4.96. The Labute approximate surface area is 127 Å². The topological polar surface area (TPSA) is 29.9 Å². The predicted octanol–water partition coefficient (Wildman–Crippen LogP) is 3.77. The summed E-state index contributed by atoms with van der Waals surface area (Å²) in [5.74, 6) is 1.24. The molecule has 1 saturated carbocycles. The van der Waals surface area contributed by atoms with E-state index in [-0.39, 0.29) is 0 Å². The number of benzene rings is 1. The van der Waals surface area contributed by atoms with Gasteiger partial charge in [0.05, 0.1) is 11.0 Å². The Morgan fingerprint density at radius 2 is 2.05 bits per heavy atom. The molecule has 0 aliphatic heterocycles. The number of aryl methyl sites for hydroxylation is 1. The molecular weight excluding hydrogens is 258 g/mol. The van der Waals surface area contributed by atoms with Crippen LogP contribution in [0.1, 0.15) is 45.9 Å². The van der Waals surface area contributed by atoms with Crippen molar-refractivity contribution in [1.29, 1.82) is 0 Å². The summed E-state index contributed by atoms with van der Waals surface area (Å²) in [7, 11) is 0. The minimum atomic E-state index is 0.478. The second-order valence-electron chi connectivity index (χ2n) is 6.63. The molecule has 1 atom stereocenters. The summed E-state index contributed by atoms with van der Waals surface area (Å²) < 4.78 is 2.38. The molecule has 1 heterocycles. The Hall–Kier alpha value is -1.35. The van der Waals surface area contributed by atoms with Crippen LogP contribution in [0.2, 0.25) is 0 Å². The normalized spacial score (nSPS) is 18.0. The lowest BCUT2D eigenvalue weighted by molar-refractivity contribution is 0.346. The van der Waals surface area contributed by atoms with Gasteiger partial charge >= 0.3 is 0 Å². The van der Waals surface area contributed by atoms with Crippen LogP contribution in [0.3, 0.4) is 0 Å². The summed E-state index contributed by atoms with van der Waals surface area (Å²) in [5.41, 5.74) is 2.88. The van der Waals surface area contributed by atoms with Crippen molar-refractivity contribution in [3.8, 4) is 0 Å². The van der Waals surface area contributed by atoms with Crippen LogP contribution in [0.4, 0.5) is 0 Å². The van der Waals surface area contributed by atoms with E-state index in [1.54, 1.807) is 0 Å². The van der Waals surface area contributed by atoms with E-state index in [9.17, 15) is 0 Å². The number of hydrogen-bond donors (Lipinski definition) is 1. The number of aromatic nitrogens is 2. The SMILES string of the molecule is CCCNC(Cc1nc2ccccc2n1CC)C1(C)CC1. The van der Waals surface area contributed by atoms with E-state index in [1.807, 2.05) is 0 Å². The highest BCUT2D eigenvalue weighted by molar-refractivity contribution is 5.75. The van der Waals surface area contributed by atoms with Gasteiger partial charge < -0.3 is 9.88 Å². The first-order chi connectivity index (χ1) is 10.2. The summed E-state index contributed by atoms with van der Waals surface area (Å²) in [5, 5.41) is 3.76. The van der Waals surface area contributed by atoms with Crippen LogP contribution >= 0.6 is 0 Å². The molecule has 1 unspecified atom stereocenters. The Kier molecular flexibility index (Phi) is 4.03. The van der Waals surface area contributed by atoms with Crippen LogP contribution in [-0.4, -0.2) is 22.1 Å². The molecule has 21 heavy (non-hydrogen) atoms. The molecule has 3 nitrogen and oxygen atoms in total. The standard InChI is InChI=1S/C18H27N3/c1-4-12-19-16(18(3)10-11-18)13-17-20-14-8-6-7-9-15(14)21(17)5-2/h6-9,16,19H,4-5,10-13H2,1-3H3. The Morgan fingerprint density at radius 1 is 1.29 bits per heavy atom. The average Bonchev–Trinajstić information content (AvgIpc) is 3.14. The van der Waals surface area contributed by atoms with Gasteiger partial charge in [0, 0.05) is 19.0 Å². The fourth-order valence-corrected chi connectivity index (χ4v) is 3.25. The van der Waals surface area contributed by atoms with Gasteiger partial charge in [-0.2, -0.15) is 0 Å². The molecular formula is C18H27N3. The van der Waals surface area contributed by atoms with Crippen molar-refractivity contribution in [3.05, 3.63) is 30.1 Å². The molecule has 2 aromatic rings. The molecule has 0 amide bonds. The van der Waals surface area contributed by atoms with Crippen molar-refractivity contribution >= 4 is 11.0 Å². The Morgan fingerprint density at radius 3 is 2.71 bits per heavy atom. The minimum absolute atomic E-state index is 0.478. The highest BCUT2D eigenvalue weighted by Gasteiger charge is 2.44. The van der Waals surface area contributed by atoms with Crippen LogP contribution in [0.5, 0.6) is 0 Å². The molecule has 0 radical (unpaired) electrons. The second-order valence-corrected chi connectivity index (χ2v) is 6.63. The van der Waals surface area contributed by atoms with E-state index in [2.05, 4.69) is 54.9 Å². The molecule has 1 aromatic heterocycles. The van der Waals surface area contributed by atoms with Gasteiger partial charge in [0.15, 0.2) is 0 Å². The van der Waals surface area contributed by atoms with Crippen molar-refractivity contribution in [2.24, 2.45) is 5.41 Å². The molecule has 1 aliphatic rings. The number of para-hydroxylation sites is 2. The lowest BCUT2D eigenvalue weighted by Gasteiger charge is -2.25. The first-order valence-corrected chi connectivity index (χ1v) is 8.35. The maximum Gasteiger partial charge on any atom is 0.111 e. The molecule has 1 aromatic carbocycles. The number of imidazole rings is 1. The number of hydrogen-bond acceptors (Lipinski definition) is 2. The van der Waals surface area contributed by atoms with Gasteiger partial charge in [0.1, 0.15) is 5.82 Å². The fourth-order valence-electron chi connectivity index (χ4n) is 3.25. The van der Waals surface area contributed by atoms with Gasteiger partial charge in [-0.1, -0.05) is 26.0 Å². The van der Waals surface area contributed by atoms with Gasteiger partial charge in [-0.3, -0.25) is 0 Å². The van der Waals surface area contributed by atoms with Gasteiger partial charge in [-0.15, -0.1) is 0 Å². The van der Waals surface area contributed by atoms with Crippen molar-refractivity contribution in [1.82, 2.24) is 14.9 Å². The third kappa shape index (κ3) is 2.84. The predicted molar refractivity (Wildman–Crippen MR) is 88.5 cm³/mol. The zero-order valence-corrected chi connectivity index (χ0v) is 13.5. The van der Waals surface area contributed by atoms with Gasteiger partial charge in [-0.05, 0) is 50.3 Å². The molecule has 1 fully saturated rings. The highest BCUT2D eigenvalue weighted by atomic mass is 15.1. The van der Waals surface area contributed by atoms with Gasteiger partial charge in [-0.25, -0.2) is 4.98 Å². The number of fused-ring (bicyclic) bond motifs is 1. The largest absolute Gasteiger partial charge is 0.328 e. The first-order valence-electron chi connectivity index (χ1n) is 8.35. The Balaban J connectivity index is 1.88. The maximum atomic E-state index is 4.90. The van der Waals surface area contributed by atoms with E-state index < -0.39 is 0 Å². The van der Waals surface area contributed by atoms with E-state index in [0.29, 0.717) is 11.5 Å². The summed E-state index contributed by atoms with van der Waals surface area (Å²) in [6, 6.07) is 9.05. The third-order valence-corrected chi connectivity index (χ3v) is 4.96. The molecule has 0 spiro atoms. The average molecular weight is 285 g/mol. The highest BCUT2D eigenvalue weighted by Crippen LogP contribution is 2.49. The zero-order valence-electron chi connectivity index (χ0n) is 13.5. The monoisotopic (exact) mass is 285 g/mol. The van der Waals surface area contributed by atoms with Crippen molar-refractivity contribution in [2.75, 3.05) is 6.54 Å². The minimum Gasteiger partial charge on any atom is -0.328 e. The zero-order chi connectivity index (χ0) is 14.9. The quantitative estimate of drug-likeness (QED) is 0.839. The molecule has 114 valence electrons. The van der Waals surface area contributed by atoms with Crippen LogP contribution < -0.4 is 5.32 Å². The molecule has 3 heteroatoms. The lowest BCUT2D eigenvalue weighted by atomic mass is 9.95. The van der Waals surface area contributed by atoms with Gasteiger partial charge in [0.2, 0.25) is 0 Å². The number of nitrogens with one attached hydrogen (secondary N) is 1. The van der Waals surface area contributed by atoms with Crippen molar-refractivity contribution < 1.29 is 0 Å². The molecule has 0 saturated heterocycles. The van der Waals surface area contributed by atoms with Gasteiger partial charge in [0.25, 0.3) is 0 Å². The first kappa shape index (κ1) is 14.6. The smallest absolute Gasteiger partial charge is 0.111 e. The Bertz CT molecular complexity index is 610. The number of rotatable bonds is 7. The number of nitrogens with zero attached hydrogens (tertiary/aromatic N) is 2. The summed E-state index contributed by atoms with van der Waals surface area (Å²) in [6.07, 6.45) is 4.93. The summed E-state index contributed by atoms with van der Waals surface area (Å²) in [6.45, 7) is 8.96. The van der Waals surface area contributed by atoms with E-state index in [4.69, 9.17) is 4.98 Å². The molecule has 1 N–H and O–H groups in total. The fraction of sp³-hybridized carbons (Fsp3) is 0.611. The van der Waals surface area contributed by atoms with E-state index in [1.165, 1.54) is 30.6 Å². The molecule has 1 aliphatic carbocycles.